The van der Waals surface area contributed by atoms with Crippen molar-refractivity contribution in [1.82, 2.24) is 5.16 Å². The maximum atomic E-state index is 12.4. The van der Waals surface area contributed by atoms with E-state index in [1.165, 1.54) is 5.56 Å². The lowest BCUT2D eigenvalue weighted by atomic mass is 10.1. The van der Waals surface area contributed by atoms with Gasteiger partial charge in [-0.25, -0.2) is 0 Å². The maximum absolute atomic E-state index is 12.4. The number of fused-ring (bicyclic) bond motifs is 1. The second-order valence-corrected chi connectivity index (χ2v) is 6.19. The molecule has 0 bridgehead atoms. The Kier molecular flexibility index (Phi) is 4.08. The van der Waals surface area contributed by atoms with E-state index >= 15 is 0 Å². The van der Waals surface area contributed by atoms with Crippen LogP contribution in [0.25, 0.3) is 11.3 Å². The zero-order chi connectivity index (χ0) is 18.1. The summed E-state index contributed by atoms with van der Waals surface area (Å²) in [6.45, 7) is 5.08. The summed E-state index contributed by atoms with van der Waals surface area (Å²) in [6, 6.07) is 12.9. The number of nitrogens with one attached hydrogen (secondary N) is 1. The van der Waals surface area contributed by atoms with Crippen LogP contribution in [-0.2, 0) is 0 Å². The summed E-state index contributed by atoms with van der Waals surface area (Å²) in [6.07, 6.45) is 0. The highest BCUT2D eigenvalue weighted by atomic mass is 16.6. The zero-order valence-electron chi connectivity index (χ0n) is 14.5. The van der Waals surface area contributed by atoms with Crippen LogP contribution in [-0.4, -0.2) is 24.3 Å². The topological polar surface area (TPSA) is 73.6 Å². The molecule has 26 heavy (non-hydrogen) atoms. The maximum Gasteiger partial charge on any atom is 0.277 e. The van der Waals surface area contributed by atoms with E-state index in [4.69, 9.17) is 14.0 Å². The van der Waals surface area contributed by atoms with Crippen LogP contribution in [0.2, 0.25) is 0 Å². The number of hydrogen-bond acceptors (Lipinski definition) is 5. The molecule has 1 amide bonds. The van der Waals surface area contributed by atoms with Gasteiger partial charge in [0.1, 0.15) is 13.2 Å². The molecule has 2 aromatic carbocycles. The Balaban J connectivity index is 1.53. The van der Waals surface area contributed by atoms with Crippen LogP contribution < -0.4 is 14.8 Å². The van der Waals surface area contributed by atoms with Gasteiger partial charge in [0.2, 0.25) is 0 Å². The summed E-state index contributed by atoms with van der Waals surface area (Å²) in [5.74, 6) is 1.53. The molecule has 1 N–H and O–H groups in total. The fourth-order valence-electron chi connectivity index (χ4n) is 2.73. The summed E-state index contributed by atoms with van der Waals surface area (Å²) in [5.41, 5.74) is 3.99. The number of carbonyl (C=O) groups is 1. The van der Waals surface area contributed by atoms with E-state index < -0.39 is 0 Å². The first-order chi connectivity index (χ1) is 12.6. The molecule has 0 saturated heterocycles. The Morgan fingerprint density at radius 1 is 0.962 bits per heavy atom. The van der Waals surface area contributed by atoms with Gasteiger partial charge in [-0.2, -0.15) is 0 Å². The van der Waals surface area contributed by atoms with Crippen molar-refractivity contribution in [2.24, 2.45) is 0 Å². The van der Waals surface area contributed by atoms with E-state index in [-0.39, 0.29) is 11.6 Å². The third kappa shape index (κ3) is 3.13. The molecule has 3 aromatic rings. The number of amides is 1. The number of rotatable bonds is 3. The van der Waals surface area contributed by atoms with Gasteiger partial charge in [0, 0.05) is 17.3 Å². The molecule has 0 saturated carbocycles. The first kappa shape index (κ1) is 16.2. The summed E-state index contributed by atoms with van der Waals surface area (Å²) in [4.78, 5) is 12.4. The highest BCUT2D eigenvalue weighted by molar-refractivity contribution is 6.03. The Morgan fingerprint density at radius 2 is 1.77 bits per heavy atom. The largest absolute Gasteiger partial charge is 0.486 e. The molecule has 2 heterocycles. The third-order valence-corrected chi connectivity index (χ3v) is 4.33. The molecule has 6 nitrogen and oxygen atoms in total. The van der Waals surface area contributed by atoms with Gasteiger partial charge in [0.05, 0.1) is 0 Å². The van der Waals surface area contributed by atoms with Crippen LogP contribution in [0.5, 0.6) is 11.5 Å². The quantitative estimate of drug-likeness (QED) is 0.773. The average molecular weight is 350 g/mol. The van der Waals surface area contributed by atoms with Gasteiger partial charge in [0.15, 0.2) is 23.0 Å². The Morgan fingerprint density at radius 3 is 2.58 bits per heavy atom. The molecule has 0 fully saturated rings. The van der Waals surface area contributed by atoms with Gasteiger partial charge in [-0.3, -0.25) is 4.79 Å². The molecule has 6 heteroatoms. The minimum Gasteiger partial charge on any atom is -0.486 e. The van der Waals surface area contributed by atoms with Gasteiger partial charge in [-0.05, 0) is 55.3 Å². The van der Waals surface area contributed by atoms with Crippen molar-refractivity contribution in [3.05, 3.63) is 59.3 Å². The molecular weight excluding hydrogens is 332 g/mol. The highest BCUT2D eigenvalue weighted by Crippen LogP contribution is 2.34. The second kappa shape index (κ2) is 6.55. The Hall–Kier alpha value is -3.28. The van der Waals surface area contributed by atoms with Crippen LogP contribution in [0.3, 0.4) is 0 Å². The molecule has 132 valence electrons. The zero-order valence-corrected chi connectivity index (χ0v) is 14.5. The number of anilines is 1. The van der Waals surface area contributed by atoms with E-state index in [2.05, 4.69) is 10.5 Å². The molecule has 1 aliphatic heterocycles. The van der Waals surface area contributed by atoms with Gasteiger partial charge in [-0.15, -0.1) is 0 Å². The average Bonchev–Trinajstić information content (AvgIpc) is 3.15. The monoisotopic (exact) mass is 350 g/mol. The van der Waals surface area contributed by atoms with Gasteiger partial charge < -0.3 is 19.3 Å². The first-order valence-electron chi connectivity index (χ1n) is 8.35. The fraction of sp³-hybridized carbons (Fsp3) is 0.200. The van der Waals surface area contributed by atoms with Crippen molar-refractivity contribution in [1.29, 1.82) is 0 Å². The number of aromatic nitrogens is 1. The van der Waals surface area contributed by atoms with Crippen LogP contribution in [0.15, 0.2) is 47.0 Å². The van der Waals surface area contributed by atoms with Crippen LogP contribution in [0.4, 0.5) is 5.69 Å². The highest BCUT2D eigenvalue weighted by Gasteiger charge is 2.17. The molecular formula is C20H18N2O4. The molecule has 0 spiro atoms. The molecule has 1 aromatic heterocycles. The number of nitrogens with zero attached hydrogens (tertiary/aromatic N) is 1. The first-order valence-corrected chi connectivity index (χ1v) is 8.35. The smallest absolute Gasteiger partial charge is 0.277 e. The number of ether oxygens (including phenoxy) is 2. The summed E-state index contributed by atoms with van der Waals surface area (Å²) >= 11 is 0. The predicted octanol–water partition coefficient (Wildman–Crippen LogP) is 3.98. The molecule has 0 aliphatic carbocycles. The second-order valence-electron chi connectivity index (χ2n) is 6.19. The molecule has 0 radical (unpaired) electrons. The minimum absolute atomic E-state index is 0.216. The number of carbonyl (C=O) groups excluding carboxylic acids is 1. The number of benzene rings is 2. The van der Waals surface area contributed by atoms with E-state index in [0.29, 0.717) is 30.5 Å². The summed E-state index contributed by atoms with van der Waals surface area (Å²) in [5, 5.41) is 6.72. The van der Waals surface area contributed by atoms with Crippen molar-refractivity contribution < 1.29 is 18.8 Å². The lowest BCUT2D eigenvalue weighted by molar-refractivity contribution is 0.101. The van der Waals surface area contributed by atoms with E-state index in [1.54, 1.807) is 6.07 Å². The summed E-state index contributed by atoms with van der Waals surface area (Å²) in [7, 11) is 0. The van der Waals surface area contributed by atoms with Crippen molar-refractivity contribution in [2.45, 2.75) is 13.8 Å². The van der Waals surface area contributed by atoms with Gasteiger partial charge in [-0.1, -0.05) is 11.2 Å². The van der Waals surface area contributed by atoms with Crippen molar-refractivity contribution in [3.8, 4) is 22.8 Å². The van der Waals surface area contributed by atoms with Crippen LogP contribution in [0.1, 0.15) is 21.6 Å². The fourth-order valence-corrected chi connectivity index (χ4v) is 2.73. The number of hydrogen-bond donors (Lipinski definition) is 1. The van der Waals surface area contributed by atoms with Crippen molar-refractivity contribution >= 4 is 11.6 Å². The Bertz CT molecular complexity index is 978. The normalized spacial score (nSPS) is 12.7. The Labute approximate surface area is 150 Å². The van der Waals surface area contributed by atoms with E-state index in [1.807, 2.05) is 50.2 Å². The van der Waals surface area contributed by atoms with Crippen LogP contribution >= 0.6 is 0 Å². The van der Waals surface area contributed by atoms with E-state index in [0.717, 1.165) is 16.8 Å². The van der Waals surface area contributed by atoms with Crippen LogP contribution in [0, 0.1) is 13.8 Å². The summed E-state index contributed by atoms with van der Waals surface area (Å²) < 4.78 is 16.4. The minimum atomic E-state index is -0.319. The van der Waals surface area contributed by atoms with Crippen molar-refractivity contribution in [2.75, 3.05) is 18.5 Å². The molecule has 0 atom stereocenters. The molecule has 4 rings (SSSR count). The van der Waals surface area contributed by atoms with Gasteiger partial charge >= 0.3 is 0 Å². The SMILES string of the molecule is Cc1ccc(NC(=O)c2cc(-c3ccc4c(c3)OCCO4)on2)cc1C. The van der Waals surface area contributed by atoms with Gasteiger partial charge in [0.25, 0.3) is 5.91 Å². The molecule has 1 aliphatic rings. The third-order valence-electron chi connectivity index (χ3n) is 4.33. The lowest BCUT2D eigenvalue weighted by Crippen LogP contribution is -2.15. The van der Waals surface area contributed by atoms with E-state index in [9.17, 15) is 4.79 Å². The number of aryl methyl sites for hydroxylation is 2. The molecule has 0 unspecified atom stereocenters. The lowest BCUT2D eigenvalue weighted by Gasteiger charge is -2.18. The predicted molar refractivity (Wildman–Crippen MR) is 96.8 cm³/mol. The standard InChI is InChI=1S/C20H18N2O4/c1-12-3-5-15(9-13(12)2)21-20(23)16-11-18(26-22-16)14-4-6-17-19(10-14)25-8-7-24-17/h3-6,9-11H,7-8H2,1-2H3,(H,21,23). The van der Waals surface area contributed by atoms with Crippen molar-refractivity contribution in [3.63, 3.8) is 0 Å².